The van der Waals surface area contributed by atoms with E-state index < -0.39 is 9.84 Å². The van der Waals surface area contributed by atoms with Gasteiger partial charge in [0.1, 0.15) is 5.15 Å². The molecule has 3 rings (SSSR count). The van der Waals surface area contributed by atoms with E-state index >= 15 is 0 Å². The molecule has 0 saturated carbocycles. The van der Waals surface area contributed by atoms with Crippen LogP contribution in [0.5, 0.6) is 0 Å². The number of nitrogen functional groups attached to an aromatic ring is 1. The minimum atomic E-state index is -3.20. The molecule has 3 aromatic rings. The van der Waals surface area contributed by atoms with Gasteiger partial charge in [0.05, 0.1) is 17.5 Å². The van der Waals surface area contributed by atoms with Gasteiger partial charge in [-0.3, -0.25) is 4.68 Å². The summed E-state index contributed by atoms with van der Waals surface area (Å²) < 4.78 is 24.8. The molecule has 2 heterocycles. The number of halogens is 1. The lowest BCUT2D eigenvalue weighted by Gasteiger charge is -2.08. The van der Waals surface area contributed by atoms with Crippen molar-refractivity contribution in [1.82, 2.24) is 14.8 Å². The minimum Gasteiger partial charge on any atom is -0.398 e. The Labute approximate surface area is 138 Å². The predicted molar refractivity (Wildman–Crippen MR) is 91.9 cm³/mol. The van der Waals surface area contributed by atoms with Crippen molar-refractivity contribution in [3.63, 3.8) is 0 Å². The molecule has 0 aliphatic carbocycles. The maximum absolute atomic E-state index is 11.5. The van der Waals surface area contributed by atoms with Gasteiger partial charge < -0.3 is 5.73 Å². The summed E-state index contributed by atoms with van der Waals surface area (Å²) in [5.74, 6) is -0.157. The van der Waals surface area contributed by atoms with E-state index in [-0.39, 0.29) is 10.9 Å². The van der Waals surface area contributed by atoms with Crippen LogP contribution in [0.3, 0.4) is 0 Å². The molecule has 1 aromatic carbocycles. The number of pyridine rings is 1. The molecule has 0 aliphatic rings. The zero-order valence-electron chi connectivity index (χ0n) is 12.6. The summed E-state index contributed by atoms with van der Waals surface area (Å²) in [4.78, 5) is 4.10. The number of benzene rings is 1. The highest BCUT2D eigenvalue weighted by molar-refractivity contribution is 7.89. The van der Waals surface area contributed by atoms with E-state index in [0.717, 1.165) is 28.3 Å². The van der Waals surface area contributed by atoms with Crippen molar-refractivity contribution in [3.05, 3.63) is 41.3 Å². The van der Waals surface area contributed by atoms with E-state index in [1.807, 2.05) is 19.2 Å². The Morgan fingerprint density at radius 1 is 1.22 bits per heavy atom. The van der Waals surface area contributed by atoms with Gasteiger partial charge in [-0.1, -0.05) is 11.6 Å². The van der Waals surface area contributed by atoms with Crippen molar-refractivity contribution >= 4 is 38.0 Å². The van der Waals surface area contributed by atoms with Crippen molar-refractivity contribution in [2.75, 3.05) is 12.0 Å². The Morgan fingerprint density at radius 2 is 1.96 bits per heavy atom. The molecule has 0 saturated heterocycles. The van der Waals surface area contributed by atoms with E-state index in [2.05, 4.69) is 10.1 Å². The monoisotopic (exact) mass is 350 g/mol. The van der Waals surface area contributed by atoms with Crippen LogP contribution in [-0.4, -0.2) is 29.4 Å². The van der Waals surface area contributed by atoms with Crippen LogP contribution in [0, 0.1) is 0 Å². The van der Waals surface area contributed by atoms with Gasteiger partial charge in [0.25, 0.3) is 0 Å². The van der Waals surface area contributed by atoms with E-state index in [0.29, 0.717) is 11.3 Å². The molecular formula is C15H15ClN4O2S. The molecule has 0 bridgehead atoms. The van der Waals surface area contributed by atoms with Gasteiger partial charge >= 0.3 is 0 Å². The Kier molecular flexibility index (Phi) is 3.77. The molecule has 23 heavy (non-hydrogen) atoms. The van der Waals surface area contributed by atoms with Crippen molar-refractivity contribution in [1.29, 1.82) is 0 Å². The van der Waals surface area contributed by atoms with Gasteiger partial charge in [0.15, 0.2) is 9.84 Å². The first kappa shape index (κ1) is 15.8. The smallest absolute Gasteiger partial charge is 0.151 e. The number of sulfone groups is 1. The number of nitrogens with two attached hydrogens (primary N) is 1. The molecule has 0 unspecified atom stereocenters. The number of hydrogen-bond acceptors (Lipinski definition) is 5. The molecule has 120 valence electrons. The van der Waals surface area contributed by atoms with Crippen LogP contribution >= 0.6 is 11.6 Å². The van der Waals surface area contributed by atoms with Crippen LogP contribution in [0.4, 0.5) is 5.69 Å². The number of hydrogen-bond donors (Lipinski definition) is 1. The normalized spacial score (nSPS) is 12.0. The third-order valence-corrected chi connectivity index (χ3v) is 4.74. The molecular weight excluding hydrogens is 336 g/mol. The highest BCUT2D eigenvalue weighted by atomic mass is 35.5. The molecule has 8 heteroatoms. The molecule has 0 fully saturated rings. The fraction of sp³-hybridized carbons (Fsp3) is 0.200. The lowest BCUT2D eigenvalue weighted by Crippen LogP contribution is -2.02. The SMILES string of the molecule is Cn1ncc2c(N)cc(-c3cnc(Cl)c(CS(C)(=O)=O)c3)cc21. The predicted octanol–water partition coefficient (Wildman–Crippen LogP) is 2.42. The summed E-state index contributed by atoms with van der Waals surface area (Å²) >= 11 is 6.01. The molecule has 0 radical (unpaired) electrons. The van der Waals surface area contributed by atoms with E-state index in [1.54, 1.807) is 23.1 Å². The average Bonchev–Trinajstić information content (AvgIpc) is 2.82. The fourth-order valence-electron chi connectivity index (χ4n) is 2.48. The summed E-state index contributed by atoms with van der Waals surface area (Å²) in [5, 5.41) is 5.25. The third kappa shape index (κ3) is 3.16. The minimum absolute atomic E-state index is 0.157. The largest absolute Gasteiger partial charge is 0.398 e. The topological polar surface area (TPSA) is 90.9 Å². The molecule has 2 N–H and O–H groups in total. The number of anilines is 1. The standard InChI is InChI=1S/C15H15ClN4O2S/c1-20-14-5-9(4-13(17)12(14)7-19-20)10-3-11(8-23(2,21)22)15(16)18-6-10/h3-7H,8,17H2,1-2H3. The number of rotatable bonds is 3. The highest BCUT2D eigenvalue weighted by Gasteiger charge is 2.13. The number of nitrogens with zero attached hydrogens (tertiary/aromatic N) is 3. The zero-order valence-corrected chi connectivity index (χ0v) is 14.2. The molecule has 0 spiro atoms. The van der Waals surface area contributed by atoms with Crippen LogP contribution in [-0.2, 0) is 22.6 Å². The third-order valence-electron chi connectivity index (χ3n) is 3.56. The van der Waals surface area contributed by atoms with Crippen LogP contribution in [0.15, 0.2) is 30.6 Å². The maximum Gasteiger partial charge on any atom is 0.151 e. The molecule has 0 aliphatic heterocycles. The van der Waals surface area contributed by atoms with Crippen LogP contribution < -0.4 is 5.73 Å². The molecule has 6 nitrogen and oxygen atoms in total. The molecule has 0 atom stereocenters. The van der Waals surface area contributed by atoms with Crippen LogP contribution in [0.2, 0.25) is 5.15 Å². The molecule has 2 aromatic heterocycles. The second-order valence-electron chi connectivity index (χ2n) is 5.51. The van der Waals surface area contributed by atoms with Crippen LogP contribution in [0.1, 0.15) is 5.56 Å². The summed E-state index contributed by atoms with van der Waals surface area (Å²) in [7, 11) is -1.37. The van der Waals surface area contributed by atoms with Gasteiger partial charge in [-0.25, -0.2) is 13.4 Å². The second-order valence-corrected chi connectivity index (χ2v) is 8.01. The Balaban J connectivity index is 2.15. The van der Waals surface area contributed by atoms with Gasteiger partial charge in [0, 0.05) is 41.7 Å². The van der Waals surface area contributed by atoms with Gasteiger partial charge in [0.2, 0.25) is 0 Å². The van der Waals surface area contributed by atoms with Crippen molar-refractivity contribution < 1.29 is 8.42 Å². The van der Waals surface area contributed by atoms with Gasteiger partial charge in [-0.2, -0.15) is 5.10 Å². The van der Waals surface area contributed by atoms with E-state index in [1.165, 1.54) is 0 Å². The first-order valence-electron chi connectivity index (χ1n) is 6.78. The van der Waals surface area contributed by atoms with Crippen molar-refractivity contribution in [3.8, 4) is 11.1 Å². The number of fused-ring (bicyclic) bond motifs is 1. The van der Waals surface area contributed by atoms with Gasteiger partial charge in [-0.05, 0) is 23.8 Å². The Hall–Kier alpha value is -2.12. The summed E-state index contributed by atoms with van der Waals surface area (Å²) in [6.45, 7) is 0. The van der Waals surface area contributed by atoms with Crippen molar-refractivity contribution in [2.45, 2.75) is 5.75 Å². The lowest BCUT2D eigenvalue weighted by molar-refractivity contribution is 0.601. The number of aryl methyl sites for hydroxylation is 1. The highest BCUT2D eigenvalue weighted by Crippen LogP contribution is 2.30. The zero-order chi connectivity index (χ0) is 16.8. The second kappa shape index (κ2) is 5.50. The first-order valence-corrected chi connectivity index (χ1v) is 9.22. The van der Waals surface area contributed by atoms with E-state index in [9.17, 15) is 8.42 Å². The Morgan fingerprint density at radius 3 is 2.65 bits per heavy atom. The maximum atomic E-state index is 11.5. The average molecular weight is 351 g/mol. The molecule has 0 amide bonds. The first-order chi connectivity index (χ1) is 10.7. The Bertz CT molecular complexity index is 1010. The summed E-state index contributed by atoms with van der Waals surface area (Å²) in [6.07, 6.45) is 4.48. The fourth-order valence-corrected chi connectivity index (χ4v) is 3.51. The summed E-state index contributed by atoms with van der Waals surface area (Å²) in [6, 6.07) is 5.49. The number of aromatic nitrogens is 3. The lowest BCUT2D eigenvalue weighted by atomic mass is 10.0. The van der Waals surface area contributed by atoms with Crippen LogP contribution in [0.25, 0.3) is 22.0 Å². The summed E-state index contributed by atoms with van der Waals surface area (Å²) in [5.41, 5.74) is 9.62. The van der Waals surface area contributed by atoms with E-state index in [4.69, 9.17) is 17.3 Å². The van der Waals surface area contributed by atoms with Gasteiger partial charge in [-0.15, -0.1) is 0 Å². The quantitative estimate of drug-likeness (QED) is 0.578. The van der Waals surface area contributed by atoms with Crippen molar-refractivity contribution in [2.24, 2.45) is 7.05 Å².